The zero-order valence-electron chi connectivity index (χ0n) is 9.16. The van der Waals surface area contributed by atoms with Gasteiger partial charge in [0.2, 0.25) is 0 Å². The lowest BCUT2D eigenvalue weighted by atomic mass is 9.84. The van der Waals surface area contributed by atoms with Crippen LogP contribution in [0.25, 0.3) is 0 Å². The molecule has 16 heavy (non-hydrogen) atoms. The van der Waals surface area contributed by atoms with Gasteiger partial charge in [0.25, 0.3) is 5.92 Å². The molecule has 1 atom stereocenters. The molecule has 0 bridgehead atoms. The Labute approximate surface area is 94.3 Å². The Morgan fingerprint density at radius 1 is 1.19 bits per heavy atom. The van der Waals surface area contributed by atoms with E-state index in [1.54, 1.807) is 13.0 Å². The molecule has 0 heterocycles. The molecule has 84 valence electrons. The summed E-state index contributed by atoms with van der Waals surface area (Å²) in [5.41, 5.74) is 1.70. The molecule has 0 spiro atoms. The Hall–Kier alpha value is -1.44. The van der Waals surface area contributed by atoms with Crippen molar-refractivity contribution in [2.24, 2.45) is 5.92 Å². The van der Waals surface area contributed by atoms with E-state index in [9.17, 15) is 8.78 Å². The largest absolute Gasteiger partial charge is 0.273 e. The Morgan fingerprint density at radius 2 is 1.88 bits per heavy atom. The van der Waals surface area contributed by atoms with Crippen molar-refractivity contribution >= 4 is 0 Å². The Kier molecular flexibility index (Phi) is 2.90. The quantitative estimate of drug-likeness (QED) is 0.706. The SMILES string of the molecule is CC1=CC=CC(F)(F)C1Cc1ccccc1. The molecule has 1 aliphatic carbocycles. The monoisotopic (exact) mass is 220 g/mol. The van der Waals surface area contributed by atoms with Gasteiger partial charge in [0.1, 0.15) is 0 Å². The number of hydrogen-bond donors (Lipinski definition) is 0. The molecule has 1 aromatic carbocycles. The molecule has 0 radical (unpaired) electrons. The molecule has 2 heteroatoms. The lowest BCUT2D eigenvalue weighted by Gasteiger charge is -2.27. The van der Waals surface area contributed by atoms with Gasteiger partial charge >= 0.3 is 0 Å². The highest BCUT2D eigenvalue weighted by Crippen LogP contribution is 2.36. The van der Waals surface area contributed by atoms with Gasteiger partial charge in [0.15, 0.2) is 0 Å². The number of halogens is 2. The van der Waals surface area contributed by atoms with E-state index >= 15 is 0 Å². The minimum absolute atomic E-state index is 0.389. The molecule has 0 aliphatic heterocycles. The minimum atomic E-state index is -2.73. The van der Waals surface area contributed by atoms with Gasteiger partial charge < -0.3 is 0 Å². The molecular formula is C14H14F2. The van der Waals surface area contributed by atoms with Crippen molar-refractivity contribution in [3.05, 3.63) is 59.7 Å². The third-order valence-electron chi connectivity index (χ3n) is 2.97. The lowest BCUT2D eigenvalue weighted by molar-refractivity contribution is 0.00460. The second-order valence-corrected chi connectivity index (χ2v) is 4.19. The molecule has 1 aliphatic rings. The average Bonchev–Trinajstić information content (AvgIpc) is 2.25. The molecule has 0 N–H and O–H groups in total. The number of allylic oxidation sites excluding steroid dienone is 4. The summed E-state index contributed by atoms with van der Waals surface area (Å²) in [6.45, 7) is 1.77. The summed E-state index contributed by atoms with van der Waals surface area (Å²) in [6.07, 6.45) is 4.59. The van der Waals surface area contributed by atoms with Crippen LogP contribution in [0.15, 0.2) is 54.1 Å². The van der Waals surface area contributed by atoms with E-state index < -0.39 is 11.8 Å². The van der Waals surface area contributed by atoms with E-state index in [0.29, 0.717) is 6.42 Å². The van der Waals surface area contributed by atoms with Gasteiger partial charge in [-0.3, -0.25) is 0 Å². The van der Waals surface area contributed by atoms with Crippen LogP contribution in [0.2, 0.25) is 0 Å². The number of benzene rings is 1. The normalized spacial score (nSPS) is 22.9. The fourth-order valence-corrected chi connectivity index (χ4v) is 2.01. The second kappa shape index (κ2) is 4.20. The maximum absolute atomic E-state index is 13.7. The molecule has 0 fully saturated rings. The summed E-state index contributed by atoms with van der Waals surface area (Å²) in [7, 11) is 0. The highest BCUT2D eigenvalue weighted by atomic mass is 19.3. The highest BCUT2D eigenvalue weighted by molar-refractivity contribution is 5.28. The zero-order chi connectivity index (χ0) is 11.6. The molecule has 2 rings (SSSR count). The van der Waals surface area contributed by atoms with E-state index in [0.717, 1.165) is 17.2 Å². The summed E-state index contributed by atoms with van der Waals surface area (Å²) in [5.74, 6) is -3.44. The van der Waals surface area contributed by atoms with E-state index in [1.165, 1.54) is 6.08 Å². The third kappa shape index (κ3) is 2.21. The van der Waals surface area contributed by atoms with Crippen LogP contribution in [-0.4, -0.2) is 5.92 Å². The van der Waals surface area contributed by atoms with Crippen LogP contribution in [-0.2, 0) is 6.42 Å². The summed E-state index contributed by atoms with van der Waals surface area (Å²) in [6, 6.07) is 9.44. The first-order chi connectivity index (χ1) is 7.59. The summed E-state index contributed by atoms with van der Waals surface area (Å²) in [4.78, 5) is 0. The highest BCUT2D eigenvalue weighted by Gasteiger charge is 2.39. The van der Waals surface area contributed by atoms with Gasteiger partial charge in [-0.25, -0.2) is 8.78 Å². The molecule has 1 aromatic rings. The Bertz CT molecular complexity index is 416. The molecule has 0 aromatic heterocycles. The van der Waals surface area contributed by atoms with E-state index in [4.69, 9.17) is 0 Å². The summed E-state index contributed by atoms with van der Waals surface area (Å²) < 4.78 is 27.4. The molecule has 0 saturated heterocycles. The summed E-state index contributed by atoms with van der Waals surface area (Å²) >= 11 is 0. The number of alkyl halides is 2. The van der Waals surface area contributed by atoms with Crippen LogP contribution in [0, 0.1) is 5.92 Å². The van der Waals surface area contributed by atoms with Gasteiger partial charge in [0, 0.05) is 0 Å². The topological polar surface area (TPSA) is 0 Å². The van der Waals surface area contributed by atoms with Crippen LogP contribution in [0.1, 0.15) is 12.5 Å². The predicted molar refractivity (Wildman–Crippen MR) is 61.5 cm³/mol. The zero-order valence-corrected chi connectivity index (χ0v) is 9.16. The van der Waals surface area contributed by atoms with Gasteiger partial charge in [-0.1, -0.05) is 48.1 Å². The molecular weight excluding hydrogens is 206 g/mol. The van der Waals surface area contributed by atoms with Crippen molar-refractivity contribution in [1.29, 1.82) is 0 Å². The van der Waals surface area contributed by atoms with Crippen molar-refractivity contribution in [3.8, 4) is 0 Å². The van der Waals surface area contributed by atoms with Crippen LogP contribution in [0.4, 0.5) is 8.78 Å². The van der Waals surface area contributed by atoms with Gasteiger partial charge in [-0.05, 0) is 25.0 Å². The first-order valence-electron chi connectivity index (χ1n) is 5.37. The van der Waals surface area contributed by atoms with E-state index in [2.05, 4.69) is 0 Å². The standard InChI is InChI=1S/C14H14F2/c1-11-6-5-9-14(15,16)13(11)10-12-7-3-2-4-8-12/h2-9,13H,10H2,1H3. The van der Waals surface area contributed by atoms with Crippen LogP contribution < -0.4 is 0 Å². The van der Waals surface area contributed by atoms with Crippen LogP contribution >= 0.6 is 0 Å². The fourth-order valence-electron chi connectivity index (χ4n) is 2.01. The van der Waals surface area contributed by atoms with Gasteiger partial charge in [-0.15, -0.1) is 0 Å². The smallest absolute Gasteiger partial charge is 0.201 e. The first-order valence-corrected chi connectivity index (χ1v) is 5.37. The maximum Gasteiger partial charge on any atom is 0.273 e. The molecule has 1 unspecified atom stereocenters. The first kappa shape index (κ1) is 11.1. The van der Waals surface area contributed by atoms with Gasteiger partial charge in [0.05, 0.1) is 5.92 Å². The lowest BCUT2D eigenvalue weighted by Crippen LogP contribution is -2.30. The third-order valence-corrected chi connectivity index (χ3v) is 2.97. The van der Waals surface area contributed by atoms with Crippen molar-refractivity contribution in [2.45, 2.75) is 19.3 Å². The maximum atomic E-state index is 13.7. The Morgan fingerprint density at radius 3 is 2.50 bits per heavy atom. The molecule has 0 saturated carbocycles. The van der Waals surface area contributed by atoms with Crippen molar-refractivity contribution in [3.63, 3.8) is 0 Å². The number of rotatable bonds is 2. The van der Waals surface area contributed by atoms with Crippen LogP contribution in [0.3, 0.4) is 0 Å². The Balaban J connectivity index is 2.21. The van der Waals surface area contributed by atoms with Crippen molar-refractivity contribution < 1.29 is 8.78 Å². The van der Waals surface area contributed by atoms with E-state index in [1.807, 2.05) is 30.3 Å². The molecule has 0 nitrogen and oxygen atoms in total. The second-order valence-electron chi connectivity index (χ2n) is 4.19. The van der Waals surface area contributed by atoms with E-state index in [-0.39, 0.29) is 0 Å². The van der Waals surface area contributed by atoms with Gasteiger partial charge in [-0.2, -0.15) is 0 Å². The predicted octanol–water partition coefficient (Wildman–Crippen LogP) is 4.00. The average molecular weight is 220 g/mol. The summed E-state index contributed by atoms with van der Waals surface area (Å²) in [5, 5.41) is 0. The minimum Gasteiger partial charge on any atom is -0.201 e. The molecule has 0 amide bonds. The fraction of sp³-hybridized carbons (Fsp3) is 0.286. The van der Waals surface area contributed by atoms with Crippen molar-refractivity contribution in [2.75, 3.05) is 0 Å². The number of hydrogen-bond acceptors (Lipinski definition) is 0. The van der Waals surface area contributed by atoms with Crippen LogP contribution in [0.5, 0.6) is 0 Å². The van der Waals surface area contributed by atoms with Crippen molar-refractivity contribution in [1.82, 2.24) is 0 Å².